The Morgan fingerprint density at radius 2 is 1.85 bits per heavy atom. The topological polar surface area (TPSA) is 121 Å². The van der Waals surface area contributed by atoms with Crippen LogP contribution in [0.1, 0.15) is 18.9 Å². The van der Waals surface area contributed by atoms with Crippen molar-refractivity contribution in [3.63, 3.8) is 0 Å². The van der Waals surface area contributed by atoms with Gasteiger partial charge in [0.2, 0.25) is 16.9 Å². The highest BCUT2D eigenvalue weighted by molar-refractivity contribution is 8.00. The van der Waals surface area contributed by atoms with E-state index in [0.717, 1.165) is 16.0 Å². The molecular formula is C17H18N4O4S2. The number of carboxylic acid groups (broad SMARTS) is 1. The van der Waals surface area contributed by atoms with Gasteiger partial charge in [-0.15, -0.1) is 22.0 Å². The summed E-state index contributed by atoms with van der Waals surface area (Å²) < 4.78 is 0. The summed E-state index contributed by atoms with van der Waals surface area (Å²) in [5, 5.41) is 22.7. The Morgan fingerprint density at radius 3 is 2.41 bits per heavy atom. The number of aromatic nitrogens is 2. The van der Waals surface area contributed by atoms with E-state index in [1.807, 2.05) is 6.92 Å². The number of nitrogens with zero attached hydrogens (tertiary/aromatic N) is 2. The maximum absolute atomic E-state index is 12.2. The number of rotatable bonds is 7. The van der Waals surface area contributed by atoms with Crippen molar-refractivity contribution in [3.05, 3.63) is 40.9 Å². The van der Waals surface area contributed by atoms with Gasteiger partial charge in [0.25, 0.3) is 0 Å². The maximum Gasteiger partial charge on any atom is 0.331 e. The summed E-state index contributed by atoms with van der Waals surface area (Å²) in [4.78, 5) is 35.5. The van der Waals surface area contributed by atoms with Crippen molar-refractivity contribution in [1.29, 1.82) is 0 Å². The third kappa shape index (κ3) is 6.50. The first-order valence-corrected chi connectivity index (χ1v) is 9.54. The van der Waals surface area contributed by atoms with Crippen LogP contribution in [0, 0.1) is 6.92 Å². The Labute approximate surface area is 164 Å². The van der Waals surface area contributed by atoms with Crippen molar-refractivity contribution < 1.29 is 19.5 Å². The van der Waals surface area contributed by atoms with Crippen molar-refractivity contribution in [2.24, 2.45) is 0 Å². The van der Waals surface area contributed by atoms with Gasteiger partial charge < -0.3 is 10.4 Å². The van der Waals surface area contributed by atoms with E-state index in [4.69, 9.17) is 5.11 Å². The Balaban J connectivity index is 1.90. The Hall–Kier alpha value is -2.72. The predicted octanol–water partition coefficient (Wildman–Crippen LogP) is 2.94. The normalized spacial score (nSPS) is 12.3. The Kier molecular flexibility index (Phi) is 7.08. The number of aliphatic carboxylic acids is 1. The van der Waals surface area contributed by atoms with E-state index >= 15 is 0 Å². The van der Waals surface area contributed by atoms with Gasteiger partial charge in [0.15, 0.2) is 0 Å². The van der Waals surface area contributed by atoms with E-state index in [-0.39, 0.29) is 16.7 Å². The van der Waals surface area contributed by atoms with Gasteiger partial charge in [0.05, 0.1) is 5.25 Å². The molecule has 1 atom stereocenters. The van der Waals surface area contributed by atoms with Crippen LogP contribution in [0.2, 0.25) is 0 Å². The van der Waals surface area contributed by atoms with Crippen LogP contribution >= 0.6 is 23.1 Å². The zero-order valence-corrected chi connectivity index (χ0v) is 16.5. The summed E-state index contributed by atoms with van der Waals surface area (Å²) >= 11 is 2.67. The molecular weight excluding hydrogens is 388 g/mol. The molecule has 0 bridgehead atoms. The summed E-state index contributed by atoms with van der Waals surface area (Å²) in [6, 6.07) is 6.91. The zero-order valence-electron chi connectivity index (χ0n) is 14.8. The van der Waals surface area contributed by atoms with Crippen molar-refractivity contribution in [2.75, 3.05) is 10.6 Å². The van der Waals surface area contributed by atoms with E-state index < -0.39 is 11.9 Å². The molecule has 0 aliphatic heterocycles. The fourth-order valence-corrected chi connectivity index (χ4v) is 3.33. The summed E-state index contributed by atoms with van der Waals surface area (Å²) in [5.41, 5.74) is 0.477. The molecule has 3 N–H and O–H groups in total. The predicted molar refractivity (Wildman–Crippen MR) is 105 cm³/mol. The third-order valence-corrected chi connectivity index (χ3v) is 5.11. The Morgan fingerprint density at radius 1 is 1.19 bits per heavy atom. The van der Waals surface area contributed by atoms with Crippen LogP contribution < -0.4 is 10.6 Å². The molecule has 2 aromatic rings. The van der Waals surface area contributed by atoms with Gasteiger partial charge in [-0.05, 0) is 45.0 Å². The molecule has 0 unspecified atom stereocenters. The van der Waals surface area contributed by atoms with Gasteiger partial charge in [-0.3, -0.25) is 14.9 Å². The van der Waals surface area contributed by atoms with Crippen LogP contribution in [0.5, 0.6) is 0 Å². The van der Waals surface area contributed by atoms with Gasteiger partial charge >= 0.3 is 5.97 Å². The van der Waals surface area contributed by atoms with Crippen LogP contribution in [0.4, 0.5) is 10.8 Å². The number of carbonyl (C=O) groups is 3. The summed E-state index contributed by atoms with van der Waals surface area (Å²) in [6.07, 6.45) is 1.02. The lowest BCUT2D eigenvalue weighted by Gasteiger charge is -2.11. The molecule has 1 heterocycles. The molecule has 0 radical (unpaired) electrons. The number of nitrogens with one attached hydrogen (secondary N) is 2. The van der Waals surface area contributed by atoms with Crippen molar-refractivity contribution in [2.45, 2.75) is 30.9 Å². The van der Waals surface area contributed by atoms with E-state index in [1.165, 1.54) is 30.0 Å². The number of thioether (sulfide) groups is 1. The smallest absolute Gasteiger partial charge is 0.331 e. The average molecular weight is 406 g/mol. The second-order valence-corrected chi connectivity index (χ2v) is 8.12. The molecule has 0 fully saturated rings. The minimum Gasteiger partial charge on any atom is -0.478 e. The molecule has 1 aromatic carbocycles. The molecule has 0 saturated heterocycles. The molecule has 142 valence electrons. The molecule has 1 aromatic heterocycles. The molecule has 2 rings (SSSR count). The highest BCUT2D eigenvalue weighted by Gasteiger charge is 2.16. The number of amides is 2. The highest BCUT2D eigenvalue weighted by Crippen LogP contribution is 2.26. The van der Waals surface area contributed by atoms with Gasteiger partial charge in [-0.25, -0.2) is 4.79 Å². The van der Waals surface area contributed by atoms with Crippen LogP contribution in [-0.4, -0.2) is 38.3 Å². The molecule has 10 heteroatoms. The number of hydrogen-bond donors (Lipinski definition) is 3. The number of hydrogen-bond acceptors (Lipinski definition) is 7. The monoisotopic (exact) mass is 406 g/mol. The largest absolute Gasteiger partial charge is 0.478 e. The quantitative estimate of drug-likeness (QED) is 0.477. The summed E-state index contributed by atoms with van der Waals surface area (Å²) in [5.74, 6) is -1.84. The lowest BCUT2D eigenvalue weighted by molar-refractivity contribution is -0.132. The first kappa shape index (κ1) is 20.6. The first-order valence-electron chi connectivity index (χ1n) is 7.85. The van der Waals surface area contributed by atoms with Crippen LogP contribution in [0.15, 0.2) is 40.8 Å². The van der Waals surface area contributed by atoms with Gasteiger partial charge in [0.1, 0.15) is 5.01 Å². The van der Waals surface area contributed by atoms with Crippen molar-refractivity contribution in [3.8, 4) is 0 Å². The van der Waals surface area contributed by atoms with Crippen LogP contribution in [0.25, 0.3) is 0 Å². The summed E-state index contributed by atoms with van der Waals surface area (Å²) in [7, 11) is 0. The number of aryl methyl sites for hydroxylation is 1. The average Bonchev–Trinajstić information content (AvgIpc) is 3.01. The van der Waals surface area contributed by atoms with Crippen molar-refractivity contribution >= 4 is 51.7 Å². The summed E-state index contributed by atoms with van der Waals surface area (Å²) in [6.45, 7) is 4.94. The second-order valence-electron chi connectivity index (χ2n) is 5.52. The SMILES string of the molecule is C/C(=C/C(=O)Nc1ccc(S[C@@H](C)C(=O)Nc2nnc(C)s2)cc1)C(=O)O. The molecule has 0 spiro atoms. The van der Waals surface area contributed by atoms with E-state index in [1.54, 1.807) is 31.2 Å². The van der Waals surface area contributed by atoms with Gasteiger partial charge in [0, 0.05) is 22.2 Å². The molecule has 0 aliphatic rings. The number of benzene rings is 1. The molecule has 2 amide bonds. The first-order chi connectivity index (χ1) is 12.7. The molecule has 8 nitrogen and oxygen atoms in total. The van der Waals surface area contributed by atoms with Crippen LogP contribution in [0.3, 0.4) is 0 Å². The second kappa shape index (κ2) is 9.28. The lowest BCUT2D eigenvalue weighted by Crippen LogP contribution is -2.22. The van der Waals surface area contributed by atoms with E-state index in [9.17, 15) is 14.4 Å². The number of anilines is 2. The highest BCUT2D eigenvalue weighted by atomic mass is 32.2. The minimum absolute atomic E-state index is 0.0508. The lowest BCUT2D eigenvalue weighted by atomic mass is 10.2. The molecule has 0 aliphatic carbocycles. The molecule has 0 saturated carbocycles. The fourth-order valence-electron chi connectivity index (χ4n) is 1.87. The fraction of sp³-hybridized carbons (Fsp3) is 0.235. The van der Waals surface area contributed by atoms with Gasteiger partial charge in [-0.2, -0.15) is 0 Å². The van der Waals surface area contributed by atoms with Crippen LogP contribution in [-0.2, 0) is 14.4 Å². The standard InChI is InChI=1S/C17H18N4O4S2/c1-9(16(24)25)8-14(22)18-12-4-6-13(7-5-12)26-10(2)15(23)19-17-21-20-11(3)27-17/h4-8,10H,1-3H3,(H,18,22)(H,24,25)(H,19,21,23)/b9-8-/t10-/m0/s1. The maximum atomic E-state index is 12.2. The van der Waals surface area contributed by atoms with Crippen molar-refractivity contribution in [1.82, 2.24) is 10.2 Å². The number of carbonyl (C=O) groups excluding carboxylic acids is 2. The minimum atomic E-state index is -1.15. The zero-order chi connectivity index (χ0) is 20.0. The van der Waals surface area contributed by atoms with E-state index in [2.05, 4.69) is 20.8 Å². The Bertz CT molecular complexity index is 877. The third-order valence-electron chi connectivity index (χ3n) is 3.25. The molecule has 27 heavy (non-hydrogen) atoms. The van der Waals surface area contributed by atoms with E-state index in [0.29, 0.717) is 10.8 Å². The number of carboxylic acids is 1. The van der Waals surface area contributed by atoms with Gasteiger partial charge in [-0.1, -0.05) is 11.3 Å².